The highest BCUT2D eigenvalue weighted by Gasteiger charge is 2.20. The van der Waals surface area contributed by atoms with Gasteiger partial charge in [0.05, 0.1) is 20.3 Å². The lowest BCUT2D eigenvalue weighted by Gasteiger charge is -2.30. The molecule has 1 aliphatic heterocycles. The summed E-state index contributed by atoms with van der Waals surface area (Å²) in [5.74, 6) is 1.35. The van der Waals surface area contributed by atoms with Gasteiger partial charge in [-0.05, 0) is 48.2 Å². The molecule has 1 atom stereocenters. The van der Waals surface area contributed by atoms with Gasteiger partial charge in [0.2, 0.25) is 5.91 Å². The van der Waals surface area contributed by atoms with E-state index in [0.717, 1.165) is 48.8 Å². The highest BCUT2D eigenvalue weighted by molar-refractivity contribution is 5.95. The van der Waals surface area contributed by atoms with Crippen molar-refractivity contribution >= 4 is 11.6 Å². The number of amides is 1. The zero-order valence-corrected chi connectivity index (χ0v) is 16.1. The molecule has 0 aromatic heterocycles. The zero-order valence-electron chi connectivity index (χ0n) is 16.1. The summed E-state index contributed by atoms with van der Waals surface area (Å²) in [5, 5.41) is 2.92. The molecule has 0 saturated carbocycles. The number of nitrogens with two attached hydrogens (primary N) is 1. The molecule has 27 heavy (non-hydrogen) atoms. The van der Waals surface area contributed by atoms with Crippen molar-refractivity contribution in [3.8, 4) is 11.5 Å². The van der Waals surface area contributed by atoms with Crippen LogP contribution in [0.25, 0.3) is 0 Å². The number of carbonyl (C=O) groups is 1. The molecular formula is C21H27N3O3. The molecule has 1 unspecified atom stereocenters. The Kier molecular flexibility index (Phi) is 5.98. The van der Waals surface area contributed by atoms with Crippen LogP contribution in [0, 0.1) is 0 Å². The maximum atomic E-state index is 12.0. The van der Waals surface area contributed by atoms with E-state index in [1.807, 2.05) is 24.3 Å². The first-order chi connectivity index (χ1) is 13.0. The molecule has 3 N–H and O–H groups in total. The third kappa shape index (κ3) is 4.40. The van der Waals surface area contributed by atoms with Crippen molar-refractivity contribution in [2.45, 2.75) is 32.5 Å². The summed E-state index contributed by atoms with van der Waals surface area (Å²) >= 11 is 0. The standard InChI is InChI=1S/C21H27N3O3/c1-14(22)21(25)23-18-7-5-4-6-16(18)12-24-9-8-15-10-19(26-2)20(27-3)11-17(15)13-24/h4-7,10-11,14H,8-9,12-13,22H2,1-3H3,(H,23,25). The Morgan fingerprint density at radius 1 is 1.19 bits per heavy atom. The molecule has 0 radical (unpaired) electrons. The normalized spacial score (nSPS) is 15.0. The SMILES string of the molecule is COc1cc2c(cc1OC)CN(Cc1ccccc1NC(=O)C(C)N)CC2. The molecule has 0 aliphatic carbocycles. The number of anilines is 1. The van der Waals surface area contributed by atoms with Crippen LogP contribution in [-0.4, -0.2) is 37.6 Å². The van der Waals surface area contributed by atoms with Crippen molar-refractivity contribution in [1.82, 2.24) is 4.90 Å². The Hall–Kier alpha value is -2.57. The van der Waals surface area contributed by atoms with Gasteiger partial charge in [0.15, 0.2) is 11.5 Å². The molecule has 0 fully saturated rings. The van der Waals surface area contributed by atoms with E-state index in [0.29, 0.717) is 0 Å². The molecule has 0 bridgehead atoms. The Balaban J connectivity index is 1.76. The first-order valence-electron chi connectivity index (χ1n) is 9.12. The smallest absolute Gasteiger partial charge is 0.241 e. The molecule has 1 amide bonds. The summed E-state index contributed by atoms with van der Waals surface area (Å²) in [6.45, 7) is 4.20. The van der Waals surface area contributed by atoms with Gasteiger partial charge in [0.25, 0.3) is 0 Å². The number of hydrogen-bond acceptors (Lipinski definition) is 5. The number of carbonyl (C=O) groups excluding carboxylic acids is 1. The summed E-state index contributed by atoms with van der Waals surface area (Å²) in [7, 11) is 3.31. The molecule has 0 spiro atoms. The van der Waals surface area contributed by atoms with E-state index in [9.17, 15) is 4.79 Å². The second-order valence-electron chi connectivity index (χ2n) is 6.87. The summed E-state index contributed by atoms with van der Waals surface area (Å²) in [5.41, 5.74) is 10.1. The number of ether oxygens (including phenoxy) is 2. The molecule has 2 aromatic carbocycles. The Morgan fingerprint density at radius 2 is 1.85 bits per heavy atom. The summed E-state index contributed by atoms with van der Waals surface area (Å²) < 4.78 is 10.8. The van der Waals surface area contributed by atoms with E-state index < -0.39 is 6.04 Å². The van der Waals surface area contributed by atoms with Crippen LogP contribution in [0.1, 0.15) is 23.6 Å². The van der Waals surface area contributed by atoms with E-state index in [4.69, 9.17) is 15.2 Å². The molecule has 1 aliphatic rings. The summed E-state index contributed by atoms with van der Waals surface area (Å²) in [6, 6.07) is 11.5. The number of benzene rings is 2. The summed E-state index contributed by atoms with van der Waals surface area (Å²) in [4.78, 5) is 14.3. The number of nitrogens with zero attached hydrogens (tertiary/aromatic N) is 1. The Morgan fingerprint density at radius 3 is 2.52 bits per heavy atom. The molecule has 0 saturated heterocycles. The lowest BCUT2D eigenvalue weighted by molar-refractivity contribution is -0.117. The highest BCUT2D eigenvalue weighted by atomic mass is 16.5. The number of fused-ring (bicyclic) bond motifs is 1. The second kappa shape index (κ2) is 8.41. The minimum atomic E-state index is -0.539. The van der Waals surface area contributed by atoms with Crippen molar-refractivity contribution in [1.29, 1.82) is 0 Å². The maximum Gasteiger partial charge on any atom is 0.241 e. The van der Waals surface area contributed by atoms with Crippen LogP contribution in [0.4, 0.5) is 5.69 Å². The largest absolute Gasteiger partial charge is 0.493 e. The predicted octanol–water partition coefficient (Wildman–Crippen LogP) is 2.55. The molecule has 2 aromatic rings. The predicted molar refractivity (Wildman–Crippen MR) is 106 cm³/mol. The van der Waals surface area contributed by atoms with E-state index in [1.165, 1.54) is 11.1 Å². The fourth-order valence-corrected chi connectivity index (χ4v) is 3.34. The summed E-state index contributed by atoms with van der Waals surface area (Å²) in [6.07, 6.45) is 0.948. The van der Waals surface area contributed by atoms with Gasteiger partial charge in [-0.2, -0.15) is 0 Å². The quantitative estimate of drug-likeness (QED) is 0.818. The molecule has 144 valence electrons. The van der Waals surface area contributed by atoms with Gasteiger partial charge in [-0.3, -0.25) is 9.69 Å². The van der Waals surface area contributed by atoms with Crippen LogP contribution in [-0.2, 0) is 24.3 Å². The van der Waals surface area contributed by atoms with E-state index in [1.54, 1.807) is 21.1 Å². The highest BCUT2D eigenvalue weighted by Crippen LogP contribution is 2.33. The van der Waals surface area contributed by atoms with Gasteiger partial charge >= 0.3 is 0 Å². The van der Waals surface area contributed by atoms with Gasteiger partial charge in [-0.15, -0.1) is 0 Å². The van der Waals surface area contributed by atoms with Gasteiger partial charge in [0, 0.05) is 25.3 Å². The van der Waals surface area contributed by atoms with Crippen molar-refractivity contribution in [2.24, 2.45) is 5.73 Å². The number of para-hydroxylation sites is 1. The molecule has 6 nitrogen and oxygen atoms in total. The minimum absolute atomic E-state index is 0.178. The average molecular weight is 369 g/mol. The van der Waals surface area contributed by atoms with E-state index in [-0.39, 0.29) is 5.91 Å². The van der Waals surface area contributed by atoms with E-state index in [2.05, 4.69) is 22.3 Å². The number of methoxy groups -OCH3 is 2. The van der Waals surface area contributed by atoms with Crippen molar-refractivity contribution < 1.29 is 14.3 Å². The van der Waals surface area contributed by atoms with Crippen LogP contribution >= 0.6 is 0 Å². The van der Waals surface area contributed by atoms with Crippen LogP contribution < -0.4 is 20.5 Å². The van der Waals surface area contributed by atoms with Gasteiger partial charge in [-0.1, -0.05) is 18.2 Å². The number of nitrogens with one attached hydrogen (secondary N) is 1. The number of hydrogen-bond donors (Lipinski definition) is 2. The van der Waals surface area contributed by atoms with Crippen LogP contribution in [0.2, 0.25) is 0 Å². The van der Waals surface area contributed by atoms with Crippen molar-refractivity contribution in [2.75, 3.05) is 26.1 Å². The second-order valence-corrected chi connectivity index (χ2v) is 6.87. The van der Waals surface area contributed by atoms with Gasteiger partial charge in [0.1, 0.15) is 0 Å². The van der Waals surface area contributed by atoms with Gasteiger partial charge < -0.3 is 20.5 Å². The maximum absolute atomic E-state index is 12.0. The monoisotopic (exact) mass is 369 g/mol. The average Bonchev–Trinajstić information content (AvgIpc) is 2.68. The third-order valence-corrected chi connectivity index (χ3v) is 4.88. The first-order valence-corrected chi connectivity index (χ1v) is 9.12. The Labute approximate surface area is 160 Å². The van der Waals surface area contributed by atoms with Gasteiger partial charge in [-0.25, -0.2) is 0 Å². The van der Waals surface area contributed by atoms with Crippen LogP contribution in [0.5, 0.6) is 11.5 Å². The van der Waals surface area contributed by atoms with Crippen LogP contribution in [0.3, 0.4) is 0 Å². The minimum Gasteiger partial charge on any atom is -0.493 e. The topological polar surface area (TPSA) is 76.8 Å². The molecule has 6 heteroatoms. The molecular weight excluding hydrogens is 342 g/mol. The lowest BCUT2D eigenvalue weighted by atomic mass is 9.98. The molecule has 1 heterocycles. The first kappa shape index (κ1) is 19.2. The fraction of sp³-hybridized carbons (Fsp3) is 0.381. The fourth-order valence-electron chi connectivity index (χ4n) is 3.34. The third-order valence-electron chi connectivity index (χ3n) is 4.88. The van der Waals surface area contributed by atoms with Crippen LogP contribution in [0.15, 0.2) is 36.4 Å². The van der Waals surface area contributed by atoms with E-state index >= 15 is 0 Å². The zero-order chi connectivity index (χ0) is 19.4. The van der Waals surface area contributed by atoms with Crippen molar-refractivity contribution in [3.63, 3.8) is 0 Å². The van der Waals surface area contributed by atoms with Crippen molar-refractivity contribution in [3.05, 3.63) is 53.1 Å². The Bertz CT molecular complexity index is 820. The molecule has 3 rings (SSSR count). The number of rotatable bonds is 6. The lowest BCUT2D eigenvalue weighted by Crippen LogP contribution is -2.33.